The highest BCUT2D eigenvalue weighted by Crippen LogP contribution is 2.45. The average Bonchev–Trinajstić information content (AvgIpc) is 2.40. The molecule has 22 heavy (non-hydrogen) atoms. The van der Waals surface area contributed by atoms with E-state index in [0.29, 0.717) is 5.41 Å². The zero-order valence-corrected chi connectivity index (χ0v) is 16.0. The van der Waals surface area contributed by atoms with Gasteiger partial charge in [-0.15, -0.1) is 0 Å². The van der Waals surface area contributed by atoms with Crippen LogP contribution in [0.5, 0.6) is 0 Å². The minimum Gasteiger partial charge on any atom is -0.330 e. The van der Waals surface area contributed by atoms with Crippen molar-refractivity contribution in [2.24, 2.45) is 23.2 Å². The second-order valence-corrected chi connectivity index (χ2v) is 8.57. The summed E-state index contributed by atoms with van der Waals surface area (Å²) in [5, 5.41) is 0. The van der Waals surface area contributed by atoms with Crippen molar-refractivity contribution in [2.75, 3.05) is 5.75 Å². The van der Waals surface area contributed by atoms with Crippen molar-refractivity contribution in [3.05, 3.63) is 36.6 Å². The lowest BCUT2D eigenvalue weighted by molar-refractivity contribution is 0.123. The Morgan fingerprint density at radius 1 is 1.41 bits per heavy atom. The molecule has 0 spiro atoms. The van der Waals surface area contributed by atoms with Gasteiger partial charge in [-0.1, -0.05) is 64.4 Å². The van der Waals surface area contributed by atoms with E-state index in [-0.39, 0.29) is 0 Å². The first-order valence-electron chi connectivity index (χ1n) is 8.71. The Bertz CT molecular complexity index is 395. The SMILES string of the molecule is C=C/C=C\C(=C/C)NSCC1(C)CC(C)CC(CC(C)C)C1. The van der Waals surface area contributed by atoms with E-state index in [4.69, 9.17) is 0 Å². The molecule has 1 N–H and O–H groups in total. The standard InChI is InChI=1S/C20H35NS/c1-7-9-10-19(8-2)21-22-15-20(6)13-17(5)12-18(14-20)11-16(3)4/h7-10,16-18,21H,1,11-15H2,2-6H3/b10-9-,19-8+. The number of hydrogen-bond donors (Lipinski definition) is 1. The van der Waals surface area contributed by atoms with E-state index < -0.39 is 0 Å². The summed E-state index contributed by atoms with van der Waals surface area (Å²) in [5.41, 5.74) is 1.63. The van der Waals surface area contributed by atoms with E-state index in [1.165, 1.54) is 31.4 Å². The summed E-state index contributed by atoms with van der Waals surface area (Å²) in [6, 6.07) is 0. The molecule has 0 aromatic carbocycles. The molecular formula is C20H35NS. The Morgan fingerprint density at radius 3 is 2.73 bits per heavy atom. The molecule has 0 aliphatic heterocycles. The largest absolute Gasteiger partial charge is 0.330 e. The summed E-state index contributed by atoms with van der Waals surface area (Å²) in [6.45, 7) is 15.4. The van der Waals surface area contributed by atoms with E-state index >= 15 is 0 Å². The Labute approximate surface area is 142 Å². The van der Waals surface area contributed by atoms with Gasteiger partial charge >= 0.3 is 0 Å². The minimum absolute atomic E-state index is 0.468. The molecular weight excluding hydrogens is 286 g/mol. The zero-order chi connectivity index (χ0) is 16.6. The third-order valence-corrected chi connectivity index (χ3v) is 5.72. The molecule has 0 aromatic heterocycles. The van der Waals surface area contributed by atoms with Crippen molar-refractivity contribution < 1.29 is 0 Å². The molecule has 0 amide bonds. The van der Waals surface area contributed by atoms with Crippen molar-refractivity contribution >= 4 is 11.9 Å². The van der Waals surface area contributed by atoms with Gasteiger partial charge in [0.1, 0.15) is 0 Å². The molecule has 126 valence electrons. The summed E-state index contributed by atoms with van der Waals surface area (Å²) in [4.78, 5) is 0. The van der Waals surface area contributed by atoms with Gasteiger partial charge in [-0.25, -0.2) is 0 Å². The fourth-order valence-corrected chi connectivity index (χ4v) is 4.98. The summed E-state index contributed by atoms with van der Waals surface area (Å²) in [5.74, 6) is 3.79. The van der Waals surface area contributed by atoms with Gasteiger partial charge in [0.05, 0.1) is 0 Å². The average molecular weight is 322 g/mol. The van der Waals surface area contributed by atoms with Gasteiger partial charge in [0.2, 0.25) is 0 Å². The van der Waals surface area contributed by atoms with Gasteiger partial charge < -0.3 is 4.72 Å². The number of rotatable bonds is 8. The van der Waals surface area contributed by atoms with Gasteiger partial charge in [-0.3, -0.25) is 0 Å². The van der Waals surface area contributed by atoms with Gasteiger partial charge in [0, 0.05) is 11.4 Å². The lowest BCUT2D eigenvalue weighted by Gasteiger charge is -2.42. The topological polar surface area (TPSA) is 12.0 Å². The fourth-order valence-electron chi connectivity index (χ4n) is 3.98. The van der Waals surface area contributed by atoms with Crippen LogP contribution in [0.2, 0.25) is 0 Å². The molecule has 0 heterocycles. The molecule has 2 heteroatoms. The molecule has 0 radical (unpaired) electrons. The summed E-state index contributed by atoms with van der Waals surface area (Å²) in [6.07, 6.45) is 13.5. The first-order chi connectivity index (χ1) is 10.4. The van der Waals surface area contributed by atoms with Crippen molar-refractivity contribution in [2.45, 2.75) is 60.3 Å². The molecule has 0 aromatic rings. The molecule has 0 bridgehead atoms. The Kier molecular flexibility index (Phi) is 8.38. The molecule has 0 saturated heterocycles. The van der Waals surface area contributed by atoms with Crippen LogP contribution in [0.15, 0.2) is 36.6 Å². The normalized spacial score (nSPS) is 30.0. The Balaban J connectivity index is 2.51. The Hall–Kier alpha value is -0.630. The fraction of sp³-hybridized carbons (Fsp3) is 0.700. The molecule has 1 aliphatic carbocycles. The summed E-state index contributed by atoms with van der Waals surface area (Å²) >= 11 is 1.86. The summed E-state index contributed by atoms with van der Waals surface area (Å²) < 4.78 is 3.49. The zero-order valence-electron chi connectivity index (χ0n) is 15.2. The number of hydrogen-bond acceptors (Lipinski definition) is 2. The van der Waals surface area contributed by atoms with Crippen LogP contribution >= 0.6 is 11.9 Å². The Morgan fingerprint density at radius 2 is 2.14 bits per heavy atom. The van der Waals surface area contributed by atoms with Crippen molar-refractivity contribution in [3.8, 4) is 0 Å². The van der Waals surface area contributed by atoms with Crippen LogP contribution in [-0.4, -0.2) is 5.75 Å². The predicted molar refractivity (Wildman–Crippen MR) is 103 cm³/mol. The van der Waals surface area contributed by atoms with E-state index in [0.717, 1.165) is 23.5 Å². The highest BCUT2D eigenvalue weighted by Gasteiger charge is 2.35. The lowest BCUT2D eigenvalue weighted by atomic mass is 9.66. The predicted octanol–water partition coefficient (Wildman–Crippen LogP) is 6.36. The molecule has 1 nitrogen and oxygen atoms in total. The second-order valence-electron chi connectivity index (χ2n) is 7.78. The minimum atomic E-state index is 0.468. The summed E-state index contributed by atoms with van der Waals surface area (Å²) in [7, 11) is 0. The van der Waals surface area contributed by atoms with Gasteiger partial charge in [-0.05, 0) is 61.9 Å². The van der Waals surface area contributed by atoms with Crippen molar-refractivity contribution in [1.29, 1.82) is 0 Å². The van der Waals surface area contributed by atoms with Crippen molar-refractivity contribution in [3.63, 3.8) is 0 Å². The van der Waals surface area contributed by atoms with E-state index in [2.05, 4.69) is 58.1 Å². The van der Waals surface area contributed by atoms with E-state index in [1.807, 2.05) is 24.1 Å². The third kappa shape index (κ3) is 7.09. The maximum Gasteiger partial charge on any atom is 0.0397 e. The van der Waals surface area contributed by atoms with Gasteiger partial charge in [0.25, 0.3) is 0 Å². The van der Waals surface area contributed by atoms with Crippen LogP contribution in [0.1, 0.15) is 60.3 Å². The monoisotopic (exact) mass is 321 g/mol. The maximum atomic E-state index is 3.72. The second kappa shape index (κ2) is 9.50. The number of allylic oxidation sites excluding steroid dienone is 4. The quantitative estimate of drug-likeness (QED) is 0.412. The van der Waals surface area contributed by atoms with Gasteiger partial charge in [0.15, 0.2) is 0 Å². The smallest absolute Gasteiger partial charge is 0.0397 e. The first kappa shape index (κ1) is 19.4. The number of nitrogens with one attached hydrogen (secondary N) is 1. The first-order valence-corrected chi connectivity index (χ1v) is 9.70. The maximum absolute atomic E-state index is 3.72. The molecule has 3 unspecified atom stereocenters. The molecule has 3 atom stereocenters. The van der Waals surface area contributed by atoms with Crippen LogP contribution in [0.4, 0.5) is 0 Å². The van der Waals surface area contributed by atoms with Crippen LogP contribution in [-0.2, 0) is 0 Å². The molecule has 1 fully saturated rings. The van der Waals surface area contributed by atoms with E-state index in [1.54, 1.807) is 0 Å². The van der Waals surface area contributed by atoms with Crippen molar-refractivity contribution in [1.82, 2.24) is 4.72 Å². The van der Waals surface area contributed by atoms with Crippen LogP contribution in [0.3, 0.4) is 0 Å². The molecule has 1 saturated carbocycles. The highest BCUT2D eigenvalue weighted by molar-refractivity contribution is 7.97. The van der Waals surface area contributed by atoms with Gasteiger partial charge in [-0.2, -0.15) is 0 Å². The lowest BCUT2D eigenvalue weighted by Crippen LogP contribution is -2.33. The highest BCUT2D eigenvalue weighted by atomic mass is 32.2. The van der Waals surface area contributed by atoms with Crippen LogP contribution in [0, 0.1) is 23.2 Å². The van der Waals surface area contributed by atoms with Crippen LogP contribution < -0.4 is 4.72 Å². The molecule has 1 aliphatic rings. The molecule has 1 rings (SSSR count). The van der Waals surface area contributed by atoms with Crippen LogP contribution in [0.25, 0.3) is 0 Å². The van der Waals surface area contributed by atoms with E-state index in [9.17, 15) is 0 Å². The third-order valence-electron chi connectivity index (χ3n) is 4.50.